The molecular weight excluding hydrogens is 426 g/mol. The van der Waals surface area contributed by atoms with Gasteiger partial charge in [-0.15, -0.1) is 11.3 Å². The smallest absolute Gasteiger partial charge is 0.258 e. The summed E-state index contributed by atoms with van der Waals surface area (Å²) in [6.45, 7) is 0. The molecule has 2 heterocycles. The lowest BCUT2D eigenvalue weighted by Crippen LogP contribution is -2.08. The maximum absolute atomic E-state index is 11.5. The number of hydrogen-bond acceptors (Lipinski definition) is 6. The van der Waals surface area contributed by atoms with Gasteiger partial charge in [-0.1, -0.05) is 0 Å². The van der Waals surface area contributed by atoms with E-state index in [9.17, 15) is 4.79 Å². The zero-order valence-electron chi connectivity index (χ0n) is 17.9. The summed E-state index contributed by atoms with van der Waals surface area (Å²) in [5.41, 5.74) is 8.88. The van der Waals surface area contributed by atoms with E-state index >= 15 is 0 Å². The van der Waals surface area contributed by atoms with E-state index in [1.54, 1.807) is 27.4 Å². The first-order valence-corrected chi connectivity index (χ1v) is 10.7. The van der Waals surface area contributed by atoms with E-state index in [1.165, 1.54) is 11.3 Å². The van der Waals surface area contributed by atoms with Crippen LogP contribution in [0.2, 0.25) is 0 Å². The van der Waals surface area contributed by atoms with Crippen LogP contribution in [0, 0.1) is 0 Å². The van der Waals surface area contributed by atoms with E-state index in [4.69, 9.17) is 25.0 Å². The van der Waals surface area contributed by atoms with Gasteiger partial charge in [-0.05, 0) is 66.7 Å². The van der Waals surface area contributed by atoms with Crippen molar-refractivity contribution in [2.45, 2.75) is 6.10 Å². The topological polar surface area (TPSA) is 88.6 Å². The van der Waals surface area contributed by atoms with Crippen molar-refractivity contribution in [3.05, 3.63) is 82.2 Å². The molecule has 0 aliphatic rings. The van der Waals surface area contributed by atoms with Crippen molar-refractivity contribution in [1.82, 2.24) is 9.78 Å². The molecule has 8 heteroatoms. The SMILES string of the molecule is COc1ccc(-c2cc(C(OC)c3ccc(C(N)=O)s3)nn2-c2ccc(OC)cc2)cc1. The van der Waals surface area contributed by atoms with Gasteiger partial charge < -0.3 is 19.9 Å². The fourth-order valence-electron chi connectivity index (χ4n) is 3.42. The van der Waals surface area contributed by atoms with Gasteiger partial charge in [0.2, 0.25) is 0 Å². The standard InChI is InChI=1S/C24H23N3O4S/c1-29-17-8-4-15(5-9-17)20-14-19(23(31-3)21-12-13-22(32-21)24(25)28)26-27(20)16-6-10-18(30-2)11-7-16/h4-14,23H,1-3H3,(H2,25,28). The number of rotatable bonds is 8. The molecule has 0 spiro atoms. The lowest BCUT2D eigenvalue weighted by atomic mass is 10.1. The molecule has 32 heavy (non-hydrogen) atoms. The number of hydrogen-bond donors (Lipinski definition) is 1. The first-order chi connectivity index (χ1) is 15.5. The maximum Gasteiger partial charge on any atom is 0.258 e. The number of thiophene rings is 1. The highest BCUT2D eigenvalue weighted by molar-refractivity contribution is 7.14. The van der Waals surface area contributed by atoms with E-state index in [2.05, 4.69) is 0 Å². The second-order valence-electron chi connectivity index (χ2n) is 6.97. The third-order valence-electron chi connectivity index (χ3n) is 5.06. The molecule has 1 unspecified atom stereocenters. The highest BCUT2D eigenvalue weighted by atomic mass is 32.1. The monoisotopic (exact) mass is 449 g/mol. The lowest BCUT2D eigenvalue weighted by molar-refractivity contribution is 0.100. The van der Waals surface area contributed by atoms with Crippen LogP contribution < -0.4 is 15.2 Å². The molecule has 0 fully saturated rings. The largest absolute Gasteiger partial charge is 0.497 e. The van der Waals surface area contributed by atoms with E-state index in [0.717, 1.165) is 33.3 Å². The lowest BCUT2D eigenvalue weighted by Gasteiger charge is -2.11. The summed E-state index contributed by atoms with van der Waals surface area (Å²) < 4.78 is 18.2. The molecule has 2 N–H and O–H groups in total. The Morgan fingerprint density at radius 1 is 0.938 bits per heavy atom. The van der Waals surface area contributed by atoms with Crippen LogP contribution in [0.3, 0.4) is 0 Å². The quantitative estimate of drug-likeness (QED) is 0.429. The van der Waals surface area contributed by atoms with Crippen molar-refractivity contribution < 1.29 is 19.0 Å². The third kappa shape index (κ3) is 4.23. The highest BCUT2D eigenvalue weighted by Gasteiger charge is 2.23. The fraction of sp³-hybridized carbons (Fsp3) is 0.167. The number of amides is 1. The first kappa shape index (κ1) is 21.6. The molecule has 2 aromatic heterocycles. The van der Waals surface area contributed by atoms with Crippen molar-refractivity contribution >= 4 is 17.2 Å². The normalized spacial score (nSPS) is 11.8. The van der Waals surface area contributed by atoms with Crippen LogP contribution in [0.1, 0.15) is 26.3 Å². The Morgan fingerprint density at radius 3 is 2.09 bits per heavy atom. The molecule has 0 saturated heterocycles. The number of ether oxygens (including phenoxy) is 3. The average Bonchev–Trinajstić information content (AvgIpc) is 3.48. The van der Waals surface area contributed by atoms with Crippen molar-refractivity contribution in [2.75, 3.05) is 21.3 Å². The van der Waals surface area contributed by atoms with E-state index < -0.39 is 12.0 Å². The van der Waals surface area contributed by atoms with Gasteiger partial charge in [-0.3, -0.25) is 4.79 Å². The highest BCUT2D eigenvalue weighted by Crippen LogP contribution is 2.34. The number of nitrogens with two attached hydrogens (primary N) is 1. The number of nitrogens with zero attached hydrogens (tertiary/aromatic N) is 2. The van der Waals surface area contributed by atoms with Gasteiger partial charge in [0.25, 0.3) is 5.91 Å². The average molecular weight is 450 g/mol. The van der Waals surface area contributed by atoms with Gasteiger partial charge >= 0.3 is 0 Å². The Bertz CT molecular complexity index is 1150. The minimum absolute atomic E-state index is 0.440. The van der Waals surface area contributed by atoms with Crippen LogP contribution in [-0.4, -0.2) is 37.0 Å². The second kappa shape index (κ2) is 9.25. The van der Waals surface area contributed by atoms with Crippen molar-refractivity contribution in [1.29, 1.82) is 0 Å². The Hall–Kier alpha value is -3.62. The third-order valence-corrected chi connectivity index (χ3v) is 6.21. The van der Waals surface area contributed by atoms with Crippen LogP contribution in [0.5, 0.6) is 11.5 Å². The van der Waals surface area contributed by atoms with Crippen molar-refractivity contribution in [3.63, 3.8) is 0 Å². The Balaban J connectivity index is 1.82. The van der Waals surface area contributed by atoms with Crippen molar-refractivity contribution in [2.24, 2.45) is 5.73 Å². The zero-order chi connectivity index (χ0) is 22.7. The summed E-state index contributed by atoms with van der Waals surface area (Å²) in [6, 6.07) is 21.0. The van der Waals surface area contributed by atoms with E-state index in [0.29, 0.717) is 10.6 Å². The molecule has 1 amide bonds. The number of methoxy groups -OCH3 is 3. The summed E-state index contributed by atoms with van der Waals surface area (Å²) in [6.07, 6.45) is -0.440. The molecule has 1 atom stereocenters. The summed E-state index contributed by atoms with van der Waals surface area (Å²) in [5.74, 6) is 1.08. The number of carbonyl (C=O) groups is 1. The zero-order valence-corrected chi connectivity index (χ0v) is 18.8. The van der Waals surface area contributed by atoms with Gasteiger partial charge in [-0.25, -0.2) is 4.68 Å². The van der Waals surface area contributed by atoms with Crippen LogP contribution in [0.15, 0.2) is 66.7 Å². The second-order valence-corrected chi connectivity index (χ2v) is 8.09. The molecule has 0 bridgehead atoms. The molecule has 0 saturated carbocycles. The molecule has 2 aromatic carbocycles. The number of aromatic nitrogens is 2. The Kier molecular flexibility index (Phi) is 6.25. The fourth-order valence-corrected chi connectivity index (χ4v) is 4.37. The Labute approximate surface area is 190 Å². The van der Waals surface area contributed by atoms with Crippen LogP contribution in [-0.2, 0) is 4.74 Å². The minimum atomic E-state index is -0.459. The summed E-state index contributed by atoms with van der Waals surface area (Å²) in [5, 5.41) is 4.87. The van der Waals surface area contributed by atoms with E-state index in [-0.39, 0.29) is 0 Å². The predicted octanol–water partition coefficient (Wildman–Crippen LogP) is 4.45. The summed E-state index contributed by atoms with van der Waals surface area (Å²) in [4.78, 5) is 12.9. The van der Waals surface area contributed by atoms with Crippen molar-refractivity contribution in [3.8, 4) is 28.4 Å². The molecule has 164 valence electrons. The molecular formula is C24H23N3O4S. The molecule has 4 rings (SSSR count). The van der Waals surface area contributed by atoms with Gasteiger partial charge in [0.15, 0.2) is 0 Å². The molecule has 7 nitrogen and oxygen atoms in total. The van der Waals surface area contributed by atoms with Crippen LogP contribution in [0.4, 0.5) is 0 Å². The molecule has 0 aliphatic carbocycles. The van der Waals surface area contributed by atoms with E-state index in [1.807, 2.05) is 65.3 Å². The summed E-state index contributed by atoms with van der Waals surface area (Å²) in [7, 11) is 4.89. The van der Waals surface area contributed by atoms with Gasteiger partial charge in [0.1, 0.15) is 17.6 Å². The first-order valence-electron chi connectivity index (χ1n) is 9.85. The number of carbonyl (C=O) groups excluding carboxylic acids is 1. The minimum Gasteiger partial charge on any atom is -0.497 e. The Morgan fingerprint density at radius 2 is 1.56 bits per heavy atom. The molecule has 4 aromatic rings. The number of primary amides is 1. The molecule has 0 radical (unpaired) electrons. The summed E-state index contributed by atoms with van der Waals surface area (Å²) >= 11 is 1.30. The van der Waals surface area contributed by atoms with Crippen LogP contribution in [0.25, 0.3) is 16.9 Å². The predicted molar refractivity (Wildman–Crippen MR) is 124 cm³/mol. The molecule has 0 aliphatic heterocycles. The maximum atomic E-state index is 11.5. The number of benzene rings is 2. The van der Waals surface area contributed by atoms with Crippen LogP contribution >= 0.6 is 11.3 Å². The van der Waals surface area contributed by atoms with Gasteiger partial charge in [0.05, 0.1) is 36.2 Å². The van der Waals surface area contributed by atoms with Gasteiger partial charge in [0, 0.05) is 17.6 Å². The van der Waals surface area contributed by atoms with Gasteiger partial charge in [-0.2, -0.15) is 5.10 Å².